The maximum absolute atomic E-state index is 9.20. The second-order valence-corrected chi connectivity index (χ2v) is 5.38. The van der Waals surface area contributed by atoms with E-state index in [0.717, 1.165) is 10.9 Å². The number of aromatic nitrogens is 2. The van der Waals surface area contributed by atoms with Gasteiger partial charge in [-0.05, 0) is 19.9 Å². The maximum Gasteiger partial charge on any atom is 0.186 e. The maximum atomic E-state index is 9.20. The third kappa shape index (κ3) is 2.79. The van der Waals surface area contributed by atoms with Crippen LogP contribution in [0, 0.1) is 11.3 Å². The molecule has 1 atom stereocenters. The Morgan fingerprint density at radius 1 is 1.38 bits per heavy atom. The lowest BCUT2D eigenvalue weighted by Crippen LogP contribution is -2.26. The zero-order chi connectivity index (χ0) is 14.9. The SMILES string of the molecule is CC1(C)OCC(CNc2c(C#N)nnc3ccccc23)O1. The van der Waals surface area contributed by atoms with Crippen molar-refractivity contribution in [1.29, 1.82) is 5.26 Å². The van der Waals surface area contributed by atoms with Gasteiger partial charge in [0.1, 0.15) is 12.2 Å². The first-order chi connectivity index (χ1) is 10.1. The third-order valence-corrected chi connectivity index (χ3v) is 3.35. The number of rotatable bonds is 3. The molecule has 1 fully saturated rings. The summed E-state index contributed by atoms with van der Waals surface area (Å²) in [6.45, 7) is 4.85. The second-order valence-electron chi connectivity index (χ2n) is 5.38. The minimum absolute atomic E-state index is 0.0570. The number of anilines is 1. The van der Waals surface area contributed by atoms with Crippen LogP contribution in [0.5, 0.6) is 0 Å². The summed E-state index contributed by atoms with van der Waals surface area (Å²) in [4.78, 5) is 0. The highest BCUT2D eigenvalue weighted by Gasteiger charge is 2.32. The fourth-order valence-electron chi connectivity index (χ4n) is 2.39. The minimum Gasteiger partial charge on any atom is -0.379 e. The zero-order valence-electron chi connectivity index (χ0n) is 12.0. The van der Waals surface area contributed by atoms with Gasteiger partial charge >= 0.3 is 0 Å². The van der Waals surface area contributed by atoms with Gasteiger partial charge < -0.3 is 14.8 Å². The molecule has 1 saturated heterocycles. The predicted octanol–water partition coefficient (Wildman–Crippen LogP) is 2.06. The minimum atomic E-state index is -0.553. The number of nitriles is 1. The molecule has 1 aliphatic rings. The lowest BCUT2D eigenvalue weighted by atomic mass is 10.1. The molecule has 0 bridgehead atoms. The van der Waals surface area contributed by atoms with Crippen LogP contribution in [0.1, 0.15) is 19.5 Å². The van der Waals surface area contributed by atoms with Crippen molar-refractivity contribution in [2.75, 3.05) is 18.5 Å². The van der Waals surface area contributed by atoms with E-state index in [1.807, 2.05) is 38.1 Å². The fourth-order valence-corrected chi connectivity index (χ4v) is 2.39. The molecule has 0 radical (unpaired) electrons. The molecule has 0 amide bonds. The van der Waals surface area contributed by atoms with E-state index < -0.39 is 5.79 Å². The fraction of sp³-hybridized carbons (Fsp3) is 0.400. The molecule has 3 rings (SSSR count). The van der Waals surface area contributed by atoms with Crippen molar-refractivity contribution >= 4 is 16.6 Å². The molecule has 0 spiro atoms. The summed E-state index contributed by atoms with van der Waals surface area (Å²) in [7, 11) is 0. The van der Waals surface area contributed by atoms with Gasteiger partial charge in [0.05, 0.1) is 17.8 Å². The van der Waals surface area contributed by atoms with E-state index in [2.05, 4.69) is 21.6 Å². The molecule has 6 nitrogen and oxygen atoms in total. The highest BCUT2D eigenvalue weighted by molar-refractivity contribution is 5.92. The molecule has 1 N–H and O–H groups in total. The van der Waals surface area contributed by atoms with E-state index in [0.29, 0.717) is 18.8 Å². The lowest BCUT2D eigenvalue weighted by Gasteiger charge is -2.18. The van der Waals surface area contributed by atoms with E-state index in [9.17, 15) is 5.26 Å². The van der Waals surface area contributed by atoms with Gasteiger partial charge in [-0.25, -0.2) is 0 Å². The van der Waals surface area contributed by atoms with E-state index in [4.69, 9.17) is 9.47 Å². The Morgan fingerprint density at radius 3 is 2.90 bits per heavy atom. The Hall–Kier alpha value is -2.23. The van der Waals surface area contributed by atoms with Gasteiger partial charge in [-0.2, -0.15) is 5.26 Å². The molecule has 2 heterocycles. The first kappa shape index (κ1) is 13.7. The van der Waals surface area contributed by atoms with Crippen LogP contribution in [-0.4, -0.2) is 35.2 Å². The molecule has 1 aromatic carbocycles. The number of ether oxygens (including phenoxy) is 2. The number of fused-ring (bicyclic) bond motifs is 1. The largest absolute Gasteiger partial charge is 0.379 e. The molecule has 6 heteroatoms. The number of hydrogen-bond acceptors (Lipinski definition) is 6. The van der Waals surface area contributed by atoms with Crippen LogP contribution in [0.4, 0.5) is 5.69 Å². The molecule has 1 unspecified atom stereocenters. The summed E-state index contributed by atoms with van der Waals surface area (Å²) in [5, 5.41) is 21.3. The van der Waals surface area contributed by atoms with Crippen molar-refractivity contribution in [2.45, 2.75) is 25.7 Å². The van der Waals surface area contributed by atoms with Crippen LogP contribution < -0.4 is 5.32 Å². The number of benzene rings is 1. The predicted molar refractivity (Wildman–Crippen MR) is 77.6 cm³/mol. The molecular weight excluding hydrogens is 268 g/mol. The monoisotopic (exact) mass is 284 g/mol. The van der Waals surface area contributed by atoms with Crippen molar-refractivity contribution in [1.82, 2.24) is 10.2 Å². The van der Waals surface area contributed by atoms with E-state index in [1.54, 1.807) is 0 Å². The average molecular weight is 284 g/mol. The first-order valence-electron chi connectivity index (χ1n) is 6.80. The first-order valence-corrected chi connectivity index (χ1v) is 6.80. The zero-order valence-corrected chi connectivity index (χ0v) is 12.0. The van der Waals surface area contributed by atoms with Crippen molar-refractivity contribution < 1.29 is 9.47 Å². The van der Waals surface area contributed by atoms with Gasteiger partial charge in [-0.3, -0.25) is 0 Å². The van der Waals surface area contributed by atoms with Crippen molar-refractivity contribution in [3.63, 3.8) is 0 Å². The highest BCUT2D eigenvalue weighted by atomic mass is 16.7. The van der Waals surface area contributed by atoms with Crippen LogP contribution in [0.2, 0.25) is 0 Å². The van der Waals surface area contributed by atoms with Gasteiger partial charge in [-0.1, -0.05) is 18.2 Å². The lowest BCUT2D eigenvalue weighted by molar-refractivity contribution is -0.136. The van der Waals surface area contributed by atoms with Gasteiger partial charge in [0.2, 0.25) is 0 Å². The molecule has 21 heavy (non-hydrogen) atoms. The molecule has 1 aromatic heterocycles. The van der Waals surface area contributed by atoms with Crippen LogP contribution in [0.3, 0.4) is 0 Å². The van der Waals surface area contributed by atoms with E-state index >= 15 is 0 Å². The Labute approximate surface area is 122 Å². The molecule has 2 aromatic rings. The van der Waals surface area contributed by atoms with Crippen molar-refractivity contribution in [3.05, 3.63) is 30.0 Å². The van der Waals surface area contributed by atoms with Crippen LogP contribution in [0.15, 0.2) is 24.3 Å². The molecule has 108 valence electrons. The number of nitrogens with zero attached hydrogens (tertiary/aromatic N) is 3. The Balaban J connectivity index is 1.85. The summed E-state index contributed by atoms with van der Waals surface area (Å²) < 4.78 is 11.3. The molecule has 0 saturated carbocycles. The normalized spacial score (nSPS) is 20.3. The van der Waals surface area contributed by atoms with E-state index in [-0.39, 0.29) is 11.8 Å². The van der Waals surface area contributed by atoms with Crippen LogP contribution in [0.25, 0.3) is 10.9 Å². The summed E-state index contributed by atoms with van der Waals surface area (Å²) >= 11 is 0. The van der Waals surface area contributed by atoms with Gasteiger partial charge in [0.15, 0.2) is 11.5 Å². The Kier molecular flexibility index (Phi) is 3.45. The van der Waals surface area contributed by atoms with Gasteiger partial charge in [0.25, 0.3) is 0 Å². The summed E-state index contributed by atoms with van der Waals surface area (Å²) in [5.74, 6) is -0.553. The van der Waals surface area contributed by atoms with E-state index in [1.165, 1.54) is 0 Å². The third-order valence-electron chi connectivity index (χ3n) is 3.35. The van der Waals surface area contributed by atoms with Crippen molar-refractivity contribution in [3.8, 4) is 6.07 Å². The topological polar surface area (TPSA) is 80.1 Å². The summed E-state index contributed by atoms with van der Waals surface area (Å²) in [5.41, 5.74) is 1.73. The highest BCUT2D eigenvalue weighted by Crippen LogP contribution is 2.26. The Morgan fingerprint density at radius 2 is 2.19 bits per heavy atom. The van der Waals surface area contributed by atoms with Crippen molar-refractivity contribution in [2.24, 2.45) is 0 Å². The number of nitrogens with one attached hydrogen (secondary N) is 1. The summed E-state index contributed by atoms with van der Waals surface area (Å²) in [6, 6.07) is 9.66. The quantitative estimate of drug-likeness (QED) is 0.929. The molecule has 1 aliphatic heterocycles. The van der Waals surface area contributed by atoms with Crippen LogP contribution in [-0.2, 0) is 9.47 Å². The second kappa shape index (κ2) is 5.28. The summed E-state index contributed by atoms with van der Waals surface area (Å²) in [6.07, 6.45) is -0.0570. The van der Waals surface area contributed by atoms with Gasteiger partial charge in [0, 0.05) is 11.9 Å². The van der Waals surface area contributed by atoms with Crippen LogP contribution >= 0.6 is 0 Å². The van der Waals surface area contributed by atoms with Gasteiger partial charge in [-0.15, -0.1) is 10.2 Å². The molecular formula is C15H16N4O2. The Bertz CT molecular complexity index is 708. The molecule has 0 aliphatic carbocycles. The average Bonchev–Trinajstić information content (AvgIpc) is 2.84. The number of hydrogen-bond donors (Lipinski definition) is 1. The smallest absolute Gasteiger partial charge is 0.186 e. The standard InChI is InChI=1S/C15H16N4O2/c1-15(2)20-9-10(21-15)8-17-14-11-5-3-4-6-12(11)18-19-13(14)7-16/h3-6,10H,8-9H2,1-2H3,(H,17,18).